The smallest absolute Gasteiger partial charge is 0.264 e. The number of aliphatic hydroxyl groups is 1. The molecule has 0 bridgehead atoms. The van der Waals surface area contributed by atoms with E-state index in [9.17, 15) is 14.7 Å². The van der Waals surface area contributed by atoms with Crippen LogP contribution in [-0.2, 0) is 16.8 Å². The van der Waals surface area contributed by atoms with Crippen LogP contribution in [0, 0.1) is 0 Å². The highest BCUT2D eigenvalue weighted by molar-refractivity contribution is 6.31. The molecule has 1 aromatic heterocycles. The number of carbonyl (C=O) groups excluding carboxylic acids is 2. The molecule has 5 nitrogen and oxygen atoms in total. The van der Waals surface area contributed by atoms with E-state index in [1.165, 1.54) is 12.4 Å². The van der Waals surface area contributed by atoms with Crippen molar-refractivity contribution in [2.24, 2.45) is 0 Å². The maximum atomic E-state index is 13.3. The lowest BCUT2D eigenvalue weighted by molar-refractivity contribution is -0.135. The highest BCUT2D eigenvalue weighted by atomic mass is 35.5. The molecule has 3 aromatic rings. The Morgan fingerprint density at radius 1 is 1.07 bits per heavy atom. The molecule has 0 radical (unpaired) electrons. The summed E-state index contributed by atoms with van der Waals surface area (Å²) in [5, 5.41) is 11.7. The van der Waals surface area contributed by atoms with Crippen molar-refractivity contribution in [3.63, 3.8) is 0 Å². The summed E-state index contributed by atoms with van der Waals surface area (Å²) in [7, 11) is 0. The minimum atomic E-state index is -1.95. The summed E-state index contributed by atoms with van der Waals surface area (Å²) in [4.78, 5) is 31.4. The Kier molecular flexibility index (Phi) is 5.18. The predicted molar refractivity (Wildman–Crippen MR) is 111 cm³/mol. The normalized spacial score (nSPS) is 18.0. The van der Waals surface area contributed by atoms with Gasteiger partial charge in [-0.15, -0.1) is 0 Å². The molecule has 2 heterocycles. The van der Waals surface area contributed by atoms with Gasteiger partial charge >= 0.3 is 0 Å². The van der Waals surface area contributed by atoms with E-state index in [1.54, 1.807) is 35.2 Å². The SMILES string of the molecule is O=C(C[C@@]1(O)C(=O)N(CCc2ccccc2)c2ccc(Cl)cc21)c1ccncc1. The molecule has 0 aliphatic carbocycles. The minimum absolute atomic E-state index is 0.334. The molecular formula is C23H19ClN2O3. The van der Waals surface area contributed by atoms with E-state index >= 15 is 0 Å². The van der Waals surface area contributed by atoms with Gasteiger partial charge < -0.3 is 10.0 Å². The lowest BCUT2D eigenvalue weighted by atomic mass is 9.88. The van der Waals surface area contributed by atoms with Crippen LogP contribution in [0.15, 0.2) is 73.1 Å². The summed E-state index contributed by atoms with van der Waals surface area (Å²) in [6.45, 7) is 0.392. The molecule has 1 amide bonds. The van der Waals surface area contributed by atoms with Gasteiger partial charge in [-0.05, 0) is 42.3 Å². The molecule has 2 aromatic carbocycles. The van der Waals surface area contributed by atoms with Crippen LogP contribution in [0.5, 0.6) is 0 Å². The van der Waals surface area contributed by atoms with Crippen molar-refractivity contribution >= 4 is 29.0 Å². The fourth-order valence-corrected chi connectivity index (χ4v) is 3.85. The van der Waals surface area contributed by atoms with Crippen molar-refractivity contribution < 1.29 is 14.7 Å². The summed E-state index contributed by atoms with van der Waals surface area (Å²) in [5.74, 6) is -0.841. The van der Waals surface area contributed by atoms with E-state index in [0.717, 1.165) is 5.56 Å². The molecule has 146 valence electrons. The van der Waals surface area contributed by atoms with Crippen LogP contribution in [0.4, 0.5) is 5.69 Å². The van der Waals surface area contributed by atoms with Gasteiger partial charge in [0.2, 0.25) is 0 Å². The van der Waals surface area contributed by atoms with E-state index in [1.807, 2.05) is 30.3 Å². The topological polar surface area (TPSA) is 70.5 Å². The number of carbonyl (C=O) groups is 2. The molecular weight excluding hydrogens is 388 g/mol. The third kappa shape index (κ3) is 3.67. The first kappa shape index (κ1) is 19.3. The number of aromatic nitrogens is 1. The molecule has 29 heavy (non-hydrogen) atoms. The molecule has 0 spiro atoms. The number of ketones is 1. The molecule has 1 N–H and O–H groups in total. The summed E-state index contributed by atoms with van der Waals surface area (Å²) < 4.78 is 0. The number of anilines is 1. The molecule has 4 rings (SSSR count). The largest absolute Gasteiger partial charge is 0.375 e. The van der Waals surface area contributed by atoms with Crippen LogP contribution >= 0.6 is 11.6 Å². The summed E-state index contributed by atoms with van der Waals surface area (Å²) in [5.41, 5.74) is 0.481. The number of rotatable bonds is 6. The van der Waals surface area contributed by atoms with Gasteiger partial charge in [-0.2, -0.15) is 0 Å². The van der Waals surface area contributed by atoms with Gasteiger partial charge in [0.1, 0.15) is 0 Å². The van der Waals surface area contributed by atoms with E-state index < -0.39 is 11.5 Å². The van der Waals surface area contributed by atoms with Gasteiger partial charge in [0.05, 0.1) is 12.1 Å². The highest BCUT2D eigenvalue weighted by Crippen LogP contribution is 2.44. The fourth-order valence-electron chi connectivity index (χ4n) is 3.67. The molecule has 0 fully saturated rings. The van der Waals surface area contributed by atoms with Gasteiger partial charge in [-0.25, -0.2) is 0 Å². The molecule has 0 unspecified atom stereocenters. The highest BCUT2D eigenvalue weighted by Gasteiger charge is 2.50. The second-order valence-electron chi connectivity index (χ2n) is 7.05. The maximum absolute atomic E-state index is 13.3. The number of amides is 1. The number of fused-ring (bicyclic) bond motifs is 1. The van der Waals surface area contributed by atoms with Crippen LogP contribution in [0.3, 0.4) is 0 Å². The summed E-state index contributed by atoms with van der Waals surface area (Å²) >= 11 is 6.14. The molecule has 1 aliphatic heterocycles. The first-order valence-electron chi connectivity index (χ1n) is 9.30. The molecule has 0 saturated carbocycles. The zero-order valence-corrected chi connectivity index (χ0v) is 16.3. The quantitative estimate of drug-likeness (QED) is 0.632. The number of benzene rings is 2. The Balaban J connectivity index is 1.65. The van der Waals surface area contributed by atoms with Crippen LogP contribution in [-0.4, -0.2) is 28.3 Å². The van der Waals surface area contributed by atoms with Crippen molar-refractivity contribution in [3.05, 3.63) is 94.8 Å². The first-order valence-corrected chi connectivity index (χ1v) is 9.68. The second-order valence-corrected chi connectivity index (χ2v) is 7.49. The van der Waals surface area contributed by atoms with E-state index in [-0.39, 0.29) is 12.2 Å². The third-order valence-electron chi connectivity index (χ3n) is 5.18. The van der Waals surface area contributed by atoms with Gasteiger partial charge in [0, 0.05) is 35.1 Å². The Morgan fingerprint density at radius 2 is 1.79 bits per heavy atom. The molecule has 1 aliphatic rings. The Morgan fingerprint density at radius 3 is 2.52 bits per heavy atom. The van der Waals surface area contributed by atoms with Gasteiger partial charge in [0.25, 0.3) is 5.91 Å². The fraction of sp³-hybridized carbons (Fsp3) is 0.174. The summed E-state index contributed by atoms with van der Waals surface area (Å²) in [6.07, 6.45) is 3.28. The molecule has 0 saturated heterocycles. The second kappa shape index (κ2) is 7.78. The maximum Gasteiger partial charge on any atom is 0.264 e. The standard InChI is InChI=1S/C23H19ClN2O3/c24-18-6-7-20-19(14-18)23(29,15-21(27)17-8-11-25-12-9-17)22(28)26(20)13-10-16-4-2-1-3-5-16/h1-9,11-12,14,29H,10,13,15H2/t23-/m0/s1. The third-order valence-corrected chi connectivity index (χ3v) is 5.41. The molecule has 6 heteroatoms. The van der Waals surface area contributed by atoms with Gasteiger partial charge in [0.15, 0.2) is 11.4 Å². The minimum Gasteiger partial charge on any atom is -0.375 e. The lowest BCUT2D eigenvalue weighted by Crippen LogP contribution is -2.42. The van der Waals surface area contributed by atoms with Crippen molar-refractivity contribution in [2.45, 2.75) is 18.4 Å². The van der Waals surface area contributed by atoms with Crippen molar-refractivity contribution in [2.75, 3.05) is 11.4 Å². The van der Waals surface area contributed by atoms with Crippen LogP contribution in [0.1, 0.15) is 27.9 Å². The molecule has 1 atom stereocenters. The average molecular weight is 407 g/mol. The van der Waals surface area contributed by atoms with Crippen LogP contribution in [0.2, 0.25) is 5.02 Å². The van der Waals surface area contributed by atoms with Gasteiger partial charge in [-0.3, -0.25) is 14.6 Å². The Bertz CT molecular complexity index is 1060. The number of Topliss-reactive ketones (excluding diaryl/α,β-unsaturated/α-hetero) is 1. The number of hydrogen-bond donors (Lipinski definition) is 1. The van der Waals surface area contributed by atoms with Crippen molar-refractivity contribution in [1.82, 2.24) is 4.98 Å². The Hall–Kier alpha value is -3.02. The van der Waals surface area contributed by atoms with Crippen LogP contribution in [0.25, 0.3) is 0 Å². The predicted octanol–water partition coefficient (Wildman–Crippen LogP) is 3.78. The zero-order valence-electron chi connectivity index (χ0n) is 15.6. The Labute approximate surface area is 173 Å². The number of halogens is 1. The average Bonchev–Trinajstić information content (AvgIpc) is 2.94. The monoisotopic (exact) mass is 406 g/mol. The van der Waals surface area contributed by atoms with Crippen molar-refractivity contribution in [1.29, 1.82) is 0 Å². The van der Waals surface area contributed by atoms with Crippen LogP contribution < -0.4 is 4.90 Å². The van der Waals surface area contributed by atoms with E-state index in [2.05, 4.69) is 4.98 Å². The van der Waals surface area contributed by atoms with E-state index in [4.69, 9.17) is 11.6 Å². The number of hydrogen-bond acceptors (Lipinski definition) is 4. The first-order chi connectivity index (χ1) is 14.0. The summed E-state index contributed by atoms with van der Waals surface area (Å²) in [6, 6.07) is 17.9. The number of pyridine rings is 1. The number of nitrogens with zero attached hydrogens (tertiary/aromatic N) is 2. The zero-order chi connectivity index (χ0) is 20.4. The lowest BCUT2D eigenvalue weighted by Gasteiger charge is -2.23. The van der Waals surface area contributed by atoms with Gasteiger partial charge in [-0.1, -0.05) is 41.9 Å². The van der Waals surface area contributed by atoms with Crippen molar-refractivity contribution in [3.8, 4) is 0 Å². The van der Waals surface area contributed by atoms with E-state index in [0.29, 0.717) is 34.8 Å².